The smallest absolute Gasteiger partial charge is 0.363 e. The number of rotatable bonds is 7. The predicted octanol–water partition coefficient (Wildman–Crippen LogP) is 4.97. The number of nitrogens with zero attached hydrogens (tertiary/aromatic N) is 2. The minimum absolute atomic E-state index is 0.00873. The number of hydrogen-bond donors (Lipinski definition) is 0. The molecule has 0 N–H and O–H groups in total. The normalized spacial score (nSPS) is 14.0. The number of halogens is 1. The molecular weight excluding hydrogens is 443 g/mol. The number of nitro groups is 1. The zero-order valence-electron chi connectivity index (χ0n) is 18.3. The molecule has 172 valence electrons. The highest BCUT2D eigenvalue weighted by Gasteiger charge is 2.26. The fourth-order valence-corrected chi connectivity index (χ4v) is 3.26. The van der Waals surface area contributed by atoms with Gasteiger partial charge in [-0.15, -0.1) is 0 Å². The molecule has 0 aliphatic carbocycles. The summed E-state index contributed by atoms with van der Waals surface area (Å²) in [7, 11) is 1.49. The molecule has 34 heavy (non-hydrogen) atoms. The van der Waals surface area contributed by atoms with Crippen LogP contribution in [-0.4, -0.2) is 23.9 Å². The van der Waals surface area contributed by atoms with E-state index in [1.807, 2.05) is 0 Å². The van der Waals surface area contributed by atoms with Crippen molar-refractivity contribution in [1.82, 2.24) is 0 Å². The summed E-state index contributed by atoms with van der Waals surface area (Å²) in [5.74, 6) is -0.102. The monoisotopic (exact) mass is 462 g/mol. The Balaban J connectivity index is 1.55. The molecule has 0 bridgehead atoms. The Morgan fingerprint density at radius 2 is 1.85 bits per heavy atom. The van der Waals surface area contributed by atoms with Gasteiger partial charge in [0.05, 0.1) is 12.0 Å². The van der Waals surface area contributed by atoms with Crippen LogP contribution in [0.4, 0.5) is 10.1 Å². The molecule has 0 atom stereocenters. The standard InChI is InChI=1S/C25H19FN2O6/c1-15-3-7-18(13-21(15)28(30)31)24-27-20(25(29)34-24)11-17-6-10-22(23(12-17)32-2)33-14-16-4-8-19(26)9-5-16/h3-13H,14H2,1-2H3/b20-11+. The van der Waals surface area contributed by atoms with Crippen molar-refractivity contribution in [3.05, 3.63) is 105 Å². The zero-order valence-corrected chi connectivity index (χ0v) is 18.3. The summed E-state index contributed by atoms with van der Waals surface area (Å²) in [5.41, 5.74) is 2.17. The summed E-state index contributed by atoms with van der Waals surface area (Å²) < 4.78 is 29.4. The first-order chi connectivity index (χ1) is 16.3. The second-order valence-electron chi connectivity index (χ2n) is 7.42. The van der Waals surface area contributed by atoms with E-state index in [1.54, 1.807) is 49.4 Å². The van der Waals surface area contributed by atoms with Crippen molar-refractivity contribution in [1.29, 1.82) is 0 Å². The maximum Gasteiger partial charge on any atom is 0.363 e. The first-order valence-corrected chi connectivity index (χ1v) is 10.2. The van der Waals surface area contributed by atoms with Crippen LogP contribution in [0.25, 0.3) is 6.08 Å². The molecule has 3 aromatic carbocycles. The number of carbonyl (C=O) groups excluding carboxylic acids is 1. The lowest BCUT2D eigenvalue weighted by molar-refractivity contribution is -0.385. The Kier molecular flexibility index (Phi) is 6.35. The Hall–Kier alpha value is -4.53. The van der Waals surface area contributed by atoms with Crippen molar-refractivity contribution in [2.24, 2.45) is 4.99 Å². The van der Waals surface area contributed by atoms with Crippen LogP contribution in [0, 0.1) is 22.9 Å². The van der Waals surface area contributed by atoms with Gasteiger partial charge in [0, 0.05) is 17.2 Å². The van der Waals surface area contributed by atoms with Crippen LogP contribution >= 0.6 is 0 Å². The number of methoxy groups -OCH3 is 1. The lowest BCUT2D eigenvalue weighted by Gasteiger charge is -2.11. The van der Waals surface area contributed by atoms with Gasteiger partial charge in [0.15, 0.2) is 17.2 Å². The molecule has 0 fully saturated rings. The van der Waals surface area contributed by atoms with Crippen LogP contribution in [0.3, 0.4) is 0 Å². The fraction of sp³-hybridized carbons (Fsp3) is 0.120. The number of benzene rings is 3. The number of cyclic esters (lactones) is 1. The van der Waals surface area contributed by atoms with Crippen LogP contribution in [0.1, 0.15) is 22.3 Å². The fourth-order valence-electron chi connectivity index (χ4n) is 3.26. The minimum Gasteiger partial charge on any atom is -0.493 e. The van der Waals surface area contributed by atoms with Gasteiger partial charge in [-0.2, -0.15) is 0 Å². The molecule has 0 saturated carbocycles. The van der Waals surface area contributed by atoms with Gasteiger partial charge in [-0.25, -0.2) is 14.2 Å². The van der Waals surface area contributed by atoms with Gasteiger partial charge < -0.3 is 14.2 Å². The van der Waals surface area contributed by atoms with Crippen LogP contribution in [-0.2, 0) is 16.1 Å². The maximum absolute atomic E-state index is 13.1. The van der Waals surface area contributed by atoms with E-state index in [1.165, 1.54) is 31.4 Å². The van der Waals surface area contributed by atoms with Gasteiger partial charge >= 0.3 is 5.97 Å². The van der Waals surface area contributed by atoms with Crippen LogP contribution < -0.4 is 9.47 Å². The Bertz CT molecular complexity index is 1330. The summed E-state index contributed by atoms with van der Waals surface area (Å²) in [6.45, 7) is 1.84. The first-order valence-electron chi connectivity index (χ1n) is 10.2. The number of hydrogen-bond acceptors (Lipinski definition) is 7. The minimum atomic E-state index is -0.672. The number of esters is 1. The van der Waals surface area contributed by atoms with E-state index >= 15 is 0 Å². The highest BCUT2D eigenvalue weighted by Crippen LogP contribution is 2.31. The van der Waals surface area contributed by atoms with Crippen LogP contribution in [0.15, 0.2) is 71.4 Å². The molecule has 8 nitrogen and oxygen atoms in total. The number of aryl methyl sites for hydroxylation is 1. The largest absolute Gasteiger partial charge is 0.493 e. The van der Waals surface area contributed by atoms with Crippen molar-refractivity contribution in [2.45, 2.75) is 13.5 Å². The molecule has 0 saturated heterocycles. The summed E-state index contributed by atoms with van der Waals surface area (Å²) in [4.78, 5) is 27.2. The molecule has 9 heteroatoms. The Morgan fingerprint density at radius 3 is 2.56 bits per heavy atom. The van der Waals surface area contributed by atoms with Crippen molar-refractivity contribution in [2.75, 3.05) is 7.11 Å². The summed E-state index contributed by atoms with van der Waals surface area (Å²) in [5, 5.41) is 11.2. The average molecular weight is 462 g/mol. The Labute approximate surface area is 194 Å². The van der Waals surface area contributed by atoms with E-state index in [2.05, 4.69) is 4.99 Å². The third-order valence-electron chi connectivity index (χ3n) is 5.07. The topological polar surface area (TPSA) is 100 Å². The zero-order chi connectivity index (χ0) is 24.2. The highest BCUT2D eigenvalue weighted by atomic mass is 19.1. The van der Waals surface area contributed by atoms with Crippen molar-refractivity contribution in [3.8, 4) is 11.5 Å². The number of aliphatic imine (C=N–C) groups is 1. The second kappa shape index (κ2) is 9.53. The number of ether oxygens (including phenoxy) is 3. The van der Waals surface area contributed by atoms with E-state index in [0.717, 1.165) is 5.56 Å². The van der Waals surface area contributed by atoms with E-state index in [4.69, 9.17) is 14.2 Å². The van der Waals surface area contributed by atoms with E-state index in [-0.39, 0.29) is 29.7 Å². The Morgan fingerprint density at radius 1 is 1.09 bits per heavy atom. The molecule has 1 aliphatic rings. The molecule has 0 unspecified atom stereocenters. The van der Waals surface area contributed by atoms with Crippen molar-refractivity contribution >= 4 is 23.6 Å². The van der Waals surface area contributed by atoms with E-state index in [9.17, 15) is 19.3 Å². The van der Waals surface area contributed by atoms with Gasteiger partial charge in [-0.3, -0.25) is 10.1 Å². The molecule has 3 aromatic rings. The van der Waals surface area contributed by atoms with Crippen molar-refractivity contribution in [3.63, 3.8) is 0 Å². The molecule has 0 amide bonds. The van der Waals surface area contributed by atoms with Gasteiger partial charge in [-0.05, 0) is 54.5 Å². The molecule has 0 aromatic heterocycles. The van der Waals surface area contributed by atoms with Crippen LogP contribution in [0.2, 0.25) is 0 Å². The first kappa shape index (κ1) is 22.7. The number of carbonyl (C=O) groups is 1. The quantitative estimate of drug-likeness (QED) is 0.213. The van der Waals surface area contributed by atoms with Crippen molar-refractivity contribution < 1.29 is 28.3 Å². The molecule has 1 aliphatic heterocycles. The maximum atomic E-state index is 13.1. The van der Waals surface area contributed by atoms with E-state index in [0.29, 0.717) is 28.2 Å². The van der Waals surface area contributed by atoms with Gasteiger partial charge in [-0.1, -0.05) is 24.3 Å². The van der Waals surface area contributed by atoms with Crippen LogP contribution in [0.5, 0.6) is 11.5 Å². The lowest BCUT2D eigenvalue weighted by Crippen LogP contribution is -2.06. The third-order valence-corrected chi connectivity index (χ3v) is 5.07. The second-order valence-corrected chi connectivity index (χ2v) is 7.42. The molecule has 0 radical (unpaired) electrons. The molecule has 0 spiro atoms. The highest BCUT2D eigenvalue weighted by molar-refractivity contribution is 6.13. The number of nitro benzene ring substituents is 1. The van der Waals surface area contributed by atoms with Gasteiger partial charge in [0.1, 0.15) is 12.4 Å². The predicted molar refractivity (Wildman–Crippen MR) is 122 cm³/mol. The molecular formula is C25H19FN2O6. The lowest BCUT2D eigenvalue weighted by atomic mass is 10.1. The average Bonchev–Trinajstić information content (AvgIpc) is 3.19. The molecule has 4 rings (SSSR count). The SMILES string of the molecule is COc1cc(/C=C2/N=C(c3ccc(C)c([N+](=O)[O-])c3)OC2=O)ccc1OCc1ccc(F)cc1. The summed E-state index contributed by atoms with van der Waals surface area (Å²) in [6.07, 6.45) is 1.52. The van der Waals surface area contributed by atoms with Gasteiger partial charge in [0.2, 0.25) is 5.90 Å². The summed E-state index contributed by atoms with van der Waals surface area (Å²) in [6, 6.07) is 15.5. The summed E-state index contributed by atoms with van der Waals surface area (Å²) >= 11 is 0. The van der Waals surface area contributed by atoms with Gasteiger partial charge in [0.25, 0.3) is 5.69 Å². The van der Waals surface area contributed by atoms with E-state index < -0.39 is 10.9 Å². The molecule has 1 heterocycles. The third kappa shape index (κ3) is 4.93.